The fourth-order valence-electron chi connectivity index (χ4n) is 2.29. The Bertz CT molecular complexity index is 1160. The van der Waals surface area contributed by atoms with E-state index in [1.807, 2.05) is 0 Å². The van der Waals surface area contributed by atoms with Crippen molar-refractivity contribution in [2.45, 2.75) is 14.7 Å². The van der Waals surface area contributed by atoms with Gasteiger partial charge in [-0.05, 0) is 36.4 Å². The first-order valence-corrected chi connectivity index (χ1v) is 12.8. The molecule has 0 N–H and O–H groups in total. The van der Waals surface area contributed by atoms with E-state index < -0.39 is 37.7 Å². The Morgan fingerprint density at radius 3 is 0.871 bits per heavy atom. The highest BCUT2D eigenvalue weighted by atomic mass is 32.2. The van der Waals surface area contributed by atoms with Crippen LogP contribution in [0.2, 0.25) is 0 Å². The third-order valence-electron chi connectivity index (χ3n) is 3.71. The molecule has 0 bridgehead atoms. The molecule has 0 saturated heterocycles. The number of rotatable bonds is 9. The lowest BCUT2D eigenvalue weighted by molar-refractivity contribution is 0.311. The van der Waals surface area contributed by atoms with Gasteiger partial charge in [-0.3, -0.25) is 12.3 Å². The average Bonchev–Trinajstić information content (AvgIpc) is 2.75. The zero-order valence-corrected chi connectivity index (χ0v) is 18.1. The maximum absolute atomic E-state index is 12.5. The van der Waals surface area contributed by atoms with E-state index in [0.29, 0.717) is 0 Å². The first kappa shape index (κ1) is 23.1. The average molecular weight is 482 g/mol. The summed E-state index contributed by atoms with van der Waals surface area (Å²) < 4.78 is 89.2. The van der Waals surface area contributed by atoms with E-state index in [1.54, 1.807) is 18.2 Å². The molecule has 0 heterocycles. The van der Waals surface area contributed by atoms with Gasteiger partial charge in [-0.15, -0.1) is 0 Å². The highest BCUT2D eigenvalue weighted by Gasteiger charge is 2.40. The van der Waals surface area contributed by atoms with Gasteiger partial charge in [0.2, 0.25) is 0 Å². The minimum atomic E-state index is -4.65. The minimum Gasteiger partial charge on any atom is -0.266 e. The van der Waals surface area contributed by atoms with Crippen LogP contribution >= 0.6 is 0 Å². The molecule has 0 spiro atoms. The molecule has 3 aromatic rings. The molecule has 0 unspecified atom stereocenters. The van der Waals surface area contributed by atoms with E-state index >= 15 is 0 Å². The second kappa shape index (κ2) is 9.30. The van der Waals surface area contributed by atoms with E-state index in [1.165, 1.54) is 72.8 Å². The highest BCUT2D eigenvalue weighted by molar-refractivity contribution is 7.90. The largest absolute Gasteiger partial charge is 0.685 e. The molecule has 0 saturated carbocycles. The Hall–Kier alpha value is -2.55. The topological polar surface area (TPSA) is 130 Å². The predicted octanol–water partition coefficient (Wildman–Crippen LogP) is 2.19. The van der Waals surface area contributed by atoms with Crippen LogP contribution in [0, 0.1) is 0 Å². The monoisotopic (exact) mass is 482 g/mol. The summed E-state index contributed by atoms with van der Waals surface area (Å²) in [6.45, 7) is 0. The van der Waals surface area contributed by atoms with Crippen LogP contribution in [0.25, 0.3) is 0 Å². The molecule has 0 amide bonds. The molecule has 162 valence electrons. The van der Waals surface area contributed by atoms with Crippen molar-refractivity contribution in [1.29, 1.82) is 0 Å². The molecule has 0 aromatic heterocycles. The summed E-state index contributed by atoms with van der Waals surface area (Å²) >= 11 is 0. The molecule has 3 aromatic carbocycles. The van der Waals surface area contributed by atoms with Crippen LogP contribution in [-0.4, -0.2) is 32.6 Å². The van der Waals surface area contributed by atoms with Gasteiger partial charge in [0.1, 0.15) is 0 Å². The van der Waals surface area contributed by atoms with Crippen molar-refractivity contribution in [2.24, 2.45) is 0 Å². The molecule has 0 atom stereocenters. The molecule has 0 aliphatic carbocycles. The quantitative estimate of drug-likeness (QED) is 0.421. The highest BCUT2D eigenvalue weighted by Crippen LogP contribution is 2.21. The van der Waals surface area contributed by atoms with Gasteiger partial charge in [0, 0.05) is 0 Å². The smallest absolute Gasteiger partial charge is 0.266 e. The van der Waals surface area contributed by atoms with E-state index in [-0.39, 0.29) is 14.7 Å². The first-order valence-electron chi connectivity index (χ1n) is 8.55. The summed E-state index contributed by atoms with van der Waals surface area (Å²) in [7, 11) is -16.6. The van der Waals surface area contributed by atoms with Crippen LogP contribution in [0.15, 0.2) is 106 Å². The molecule has 9 nitrogen and oxygen atoms in total. The SMILES string of the molecule is O=S(=O)(OB(OS(=O)(=O)c1ccccc1)OS(=O)(=O)c1ccccc1)c1ccccc1. The fraction of sp³-hybridized carbons (Fsp3) is 0. The van der Waals surface area contributed by atoms with E-state index in [9.17, 15) is 25.3 Å². The Balaban J connectivity index is 1.96. The summed E-state index contributed by atoms with van der Waals surface area (Å²) in [5.74, 6) is 0. The molecule has 3 rings (SSSR count). The van der Waals surface area contributed by atoms with Crippen molar-refractivity contribution in [3.63, 3.8) is 0 Å². The lowest BCUT2D eigenvalue weighted by atomic mass is 10.3. The molecule has 0 fully saturated rings. The van der Waals surface area contributed by atoms with Gasteiger partial charge >= 0.3 is 7.32 Å². The number of hydrogen-bond acceptors (Lipinski definition) is 9. The van der Waals surface area contributed by atoms with Gasteiger partial charge in [0.15, 0.2) is 0 Å². The summed E-state index contributed by atoms with van der Waals surface area (Å²) in [5, 5.41) is 0. The maximum atomic E-state index is 12.5. The normalized spacial score (nSPS) is 12.4. The van der Waals surface area contributed by atoms with Crippen LogP contribution < -0.4 is 0 Å². The molecule has 0 aliphatic rings. The number of hydrogen-bond donors (Lipinski definition) is 0. The summed E-state index contributed by atoms with van der Waals surface area (Å²) in [6, 6.07) is 20.0. The van der Waals surface area contributed by atoms with Crippen molar-refractivity contribution in [3.8, 4) is 0 Å². The van der Waals surface area contributed by atoms with Crippen molar-refractivity contribution in [3.05, 3.63) is 91.0 Å². The molecular weight excluding hydrogens is 467 g/mol. The van der Waals surface area contributed by atoms with Gasteiger partial charge in [-0.1, -0.05) is 54.6 Å². The predicted molar refractivity (Wildman–Crippen MR) is 110 cm³/mol. The Kier molecular flexibility index (Phi) is 6.94. The summed E-state index contributed by atoms with van der Waals surface area (Å²) in [5.41, 5.74) is 0. The summed E-state index contributed by atoms with van der Waals surface area (Å²) in [4.78, 5) is -1.08. The van der Waals surface area contributed by atoms with Gasteiger partial charge < -0.3 is 0 Å². The van der Waals surface area contributed by atoms with Gasteiger partial charge in [0.05, 0.1) is 14.7 Å². The van der Waals surface area contributed by atoms with Crippen LogP contribution in [-0.2, 0) is 42.7 Å². The van der Waals surface area contributed by atoms with Crippen molar-refractivity contribution >= 4 is 37.7 Å². The standard InChI is InChI=1S/C18H15BO9S3/c20-29(21,16-10-4-1-5-11-16)26-19(27-30(22,23)17-12-6-2-7-13-17)28-31(24,25)18-14-8-3-9-15-18/h1-15H. The van der Waals surface area contributed by atoms with Crippen LogP contribution in [0.4, 0.5) is 0 Å². The van der Waals surface area contributed by atoms with E-state index in [4.69, 9.17) is 12.3 Å². The van der Waals surface area contributed by atoms with E-state index in [2.05, 4.69) is 0 Å². The van der Waals surface area contributed by atoms with Crippen molar-refractivity contribution in [2.75, 3.05) is 0 Å². The Labute approximate surface area is 180 Å². The molecule has 0 radical (unpaired) electrons. The van der Waals surface area contributed by atoms with Crippen molar-refractivity contribution in [1.82, 2.24) is 0 Å². The van der Waals surface area contributed by atoms with E-state index in [0.717, 1.165) is 0 Å². The zero-order chi connectivity index (χ0) is 22.5. The lowest BCUT2D eigenvalue weighted by Crippen LogP contribution is -2.35. The molecule has 0 aliphatic heterocycles. The minimum absolute atomic E-state index is 0.360. The lowest BCUT2D eigenvalue weighted by Gasteiger charge is -2.14. The fourth-order valence-corrected chi connectivity index (χ4v) is 5.10. The third-order valence-corrected chi connectivity index (χ3v) is 7.49. The second-order valence-corrected chi connectivity index (χ2v) is 10.6. The van der Waals surface area contributed by atoms with Crippen LogP contribution in [0.5, 0.6) is 0 Å². The molecule has 31 heavy (non-hydrogen) atoms. The zero-order valence-electron chi connectivity index (χ0n) is 15.6. The second-order valence-electron chi connectivity index (χ2n) is 5.88. The van der Waals surface area contributed by atoms with Crippen LogP contribution in [0.1, 0.15) is 0 Å². The van der Waals surface area contributed by atoms with Crippen molar-refractivity contribution < 1.29 is 37.6 Å². The third kappa shape index (κ3) is 6.00. The first-order chi connectivity index (χ1) is 14.6. The van der Waals surface area contributed by atoms with Crippen LogP contribution in [0.3, 0.4) is 0 Å². The van der Waals surface area contributed by atoms with Gasteiger partial charge in [-0.2, -0.15) is 25.3 Å². The summed E-state index contributed by atoms with van der Waals surface area (Å²) in [6.07, 6.45) is 0. The van der Waals surface area contributed by atoms with Gasteiger partial charge in [-0.25, -0.2) is 0 Å². The number of benzene rings is 3. The maximum Gasteiger partial charge on any atom is 0.685 e. The molecule has 13 heteroatoms. The Morgan fingerprint density at radius 2 is 0.645 bits per heavy atom. The van der Waals surface area contributed by atoms with Gasteiger partial charge in [0.25, 0.3) is 30.4 Å². The Morgan fingerprint density at radius 1 is 0.419 bits per heavy atom. The molecular formula is C18H15BO9S3.